The monoisotopic (exact) mass is 635 g/mol. The number of carbonyl (C=O) groups is 1. The van der Waals surface area contributed by atoms with Gasteiger partial charge in [-0.15, -0.1) is 0 Å². The van der Waals surface area contributed by atoms with E-state index in [-0.39, 0.29) is 12.0 Å². The van der Waals surface area contributed by atoms with Gasteiger partial charge in [0.05, 0.1) is 6.10 Å². The Morgan fingerprint density at radius 1 is 0.891 bits per heavy atom. The van der Waals surface area contributed by atoms with E-state index in [1.807, 2.05) is 0 Å². The van der Waals surface area contributed by atoms with Crippen LogP contribution in [-0.2, 0) is 4.79 Å². The summed E-state index contributed by atoms with van der Waals surface area (Å²) < 4.78 is 0. The van der Waals surface area contributed by atoms with Crippen molar-refractivity contribution in [3.05, 3.63) is 35.5 Å². The maximum absolute atomic E-state index is 13.9. The molecule has 4 rings (SSSR count). The predicted molar refractivity (Wildman–Crippen MR) is 198 cm³/mol. The molecule has 1 N–H and O–H groups in total. The van der Waals surface area contributed by atoms with Crippen molar-refractivity contribution in [3.63, 3.8) is 0 Å². The number of Topliss-reactive ketones (excluding diaryl/α,β-unsaturated/α-hetero) is 1. The summed E-state index contributed by atoms with van der Waals surface area (Å²) >= 11 is 0. The molecule has 2 nitrogen and oxygen atoms in total. The highest BCUT2D eigenvalue weighted by Gasteiger charge is 2.36. The van der Waals surface area contributed by atoms with Gasteiger partial charge in [0.2, 0.25) is 0 Å². The Bertz CT molecular complexity index is 984. The van der Waals surface area contributed by atoms with E-state index < -0.39 is 0 Å². The molecule has 0 radical (unpaired) electrons. The smallest absolute Gasteiger partial charge is 0.161 e. The fraction of sp³-hybridized carbons (Fsp3) is 0.841. The van der Waals surface area contributed by atoms with Gasteiger partial charge in [-0.05, 0) is 137 Å². The Labute approximate surface area is 285 Å². The van der Waals surface area contributed by atoms with Gasteiger partial charge in [-0.25, -0.2) is 0 Å². The van der Waals surface area contributed by atoms with Crippen molar-refractivity contribution in [2.24, 2.45) is 53.3 Å². The molecule has 46 heavy (non-hydrogen) atoms. The lowest BCUT2D eigenvalue weighted by Gasteiger charge is -2.38. The molecule has 0 bridgehead atoms. The first-order valence-corrected chi connectivity index (χ1v) is 20.5. The molecule has 0 amide bonds. The predicted octanol–water partition coefficient (Wildman–Crippen LogP) is 12.6. The number of allylic oxidation sites excluding steroid dienone is 6. The van der Waals surface area contributed by atoms with E-state index >= 15 is 0 Å². The molecule has 0 aromatic carbocycles. The Morgan fingerprint density at radius 3 is 2.35 bits per heavy atom. The van der Waals surface area contributed by atoms with E-state index in [4.69, 9.17) is 0 Å². The molecule has 2 fully saturated rings. The van der Waals surface area contributed by atoms with Crippen molar-refractivity contribution >= 4 is 5.78 Å². The number of hydrogen-bond acceptors (Lipinski definition) is 2. The van der Waals surface area contributed by atoms with Gasteiger partial charge in [-0.1, -0.05) is 122 Å². The molecule has 2 saturated carbocycles. The summed E-state index contributed by atoms with van der Waals surface area (Å²) in [4.78, 5) is 13.9. The molecule has 0 heterocycles. The Kier molecular flexibility index (Phi) is 16.2. The zero-order chi connectivity index (χ0) is 32.9. The fourth-order valence-corrected chi connectivity index (χ4v) is 10.1. The lowest BCUT2D eigenvalue weighted by Crippen LogP contribution is -2.32. The minimum Gasteiger partial charge on any atom is -0.393 e. The molecule has 0 spiro atoms. The Balaban J connectivity index is 1.33. The van der Waals surface area contributed by atoms with Crippen LogP contribution in [0.4, 0.5) is 0 Å². The molecule has 0 aromatic rings. The summed E-state index contributed by atoms with van der Waals surface area (Å²) in [5.74, 6) is 6.35. The topological polar surface area (TPSA) is 37.3 Å². The second-order valence-corrected chi connectivity index (χ2v) is 17.0. The molecule has 4 aliphatic carbocycles. The molecule has 9 unspecified atom stereocenters. The number of carbonyl (C=O) groups excluding carboxylic acids is 1. The van der Waals surface area contributed by atoms with E-state index in [1.165, 1.54) is 108 Å². The van der Waals surface area contributed by atoms with Crippen molar-refractivity contribution in [2.75, 3.05) is 0 Å². The minimum absolute atomic E-state index is 0.0790. The first-order valence-electron chi connectivity index (χ1n) is 20.5. The SMILES string of the molecule is CCCC(CCCC1CC=C(C(=O)C(C)CCCCC2CCCC2O)C(C)C1CCCC(C)=CCC1CCC1)C1CC=CCC1C. The van der Waals surface area contributed by atoms with E-state index in [9.17, 15) is 9.90 Å². The lowest BCUT2D eigenvalue weighted by atomic mass is 9.66. The second-order valence-electron chi connectivity index (χ2n) is 17.0. The van der Waals surface area contributed by atoms with Crippen molar-refractivity contribution < 1.29 is 9.90 Å². The molecular weight excluding hydrogens is 560 g/mol. The van der Waals surface area contributed by atoms with Crippen LogP contribution in [0.5, 0.6) is 0 Å². The quantitative estimate of drug-likeness (QED) is 0.107. The Morgan fingerprint density at radius 2 is 1.65 bits per heavy atom. The first-order chi connectivity index (χ1) is 22.3. The molecule has 2 heteroatoms. The third-order valence-corrected chi connectivity index (χ3v) is 13.6. The summed E-state index contributed by atoms with van der Waals surface area (Å²) in [6.07, 6.45) is 37.3. The highest BCUT2D eigenvalue weighted by Crippen LogP contribution is 2.43. The van der Waals surface area contributed by atoms with Crippen LogP contribution in [0.15, 0.2) is 35.5 Å². The van der Waals surface area contributed by atoms with Crippen LogP contribution < -0.4 is 0 Å². The largest absolute Gasteiger partial charge is 0.393 e. The number of aliphatic hydroxyl groups excluding tert-OH is 1. The molecule has 0 aliphatic heterocycles. The van der Waals surface area contributed by atoms with E-state index in [0.717, 1.165) is 68.1 Å². The summed E-state index contributed by atoms with van der Waals surface area (Å²) in [7, 11) is 0. The maximum Gasteiger partial charge on any atom is 0.161 e. The van der Waals surface area contributed by atoms with Gasteiger partial charge in [0, 0.05) is 5.92 Å². The van der Waals surface area contributed by atoms with Crippen LogP contribution in [0.2, 0.25) is 0 Å². The van der Waals surface area contributed by atoms with Crippen LogP contribution in [0, 0.1) is 53.3 Å². The van der Waals surface area contributed by atoms with Gasteiger partial charge in [-0.2, -0.15) is 0 Å². The summed E-state index contributed by atoms with van der Waals surface area (Å²) in [5, 5.41) is 10.2. The second kappa shape index (κ2) is 19.7. The summed E-state index contributed by atoms with van der Waals surface area (Å²) in [6, 6.07) is 0. The van der Waals surface area contributed by atoms with Gasteiger partial charge in [0.1, 0.15) is 0 Å². The summed E-state index contributed by atoms with van der Waals surface area (Å²) in [6.45, 7) is 11.8. The average Bonchev–Trinajstić information content (AvgIpc) is 3.43. The number of unbranched alkanes of at least 4 members (excludes halogenated alkanes) is 1. The first kappa shape index (κ1) is 37.7. The number of hydrogen-bond donors (Lipinski definition) is 1. The molecular formula is C44H74O2. The van der Waals surface area contributed by atoms with Gasteiger partial charge >= 0.3 is 0 Å². The van der Waals surface area contributed by atoms with Crippen LogP contribution in [0.1, 0.15) is 176 Å². The number of rotatable bonds is 20. The minimum atomic E-state index is -0.0790. The van der Waals surface area contributed by atoms with E-state index in [1.54, 1.807) is 5.57 Å². The van der Waals surface area contributed by atoms with Gasteiger partial charge in [0.15, 0.2) is 5.78 Å². The van der Waals surface area contributed by atoms with Crippen molar-refractivity contribution in [3.8, 4) is 0 Å². The number of ketones is 1. The molecule has 0 aromatic heterocycles. The normalized spacial score (nSPS) is 31.8. The average molecular weight is 635 g/mol. The molecule has 9 atom stereocenters. The van der Waals surface area contributed by atoms with E-state index in [2.05, 4.69) is 58.9 Å². The standard InChI is InChI=1S/C44H74O2/c1-6-15-37(40-25-10-8-17-33(40)3)22-13-23-38-30-31-42(44(46)34(4)18-7-9-21-39-24-14-27-43(39)45)35(5)41(38)26-11-16-32(2)28-29-36-19-12-20-36/h8,10,28,31,33-41,43,45H,6-7,9,11-27,29-30H2,1-5H3. The van der Waals surface area contributed by atoms with Crippen LogP contribution in [-0.4, -0.2) is 17.0 Å². The maximum atomic E-state index is 13.9. The number of aliphatic hydroxyl groups is 1. The van der Waals surface area contributed by atoms with Crippen LogP contribution in [0.3, 0.4) is 0 Å². The fourth-order valence-electron chi connectivity index (χ4n) is 10.1. The van der Waals surface area contributed by atoms with Crippen molar-refractivity contribution in [1.29, 1.82) is 0 Å². The van der Waals surface area contributed by atoms with Crippen molar-refractivity contribution in [1.82, 2.24) is 0 Å². The molecule has 0 saturated heterocycles. The van der Waals surface area contributed by atoms with Gasteiger partial charge in [0.25, 0.3) is 0 Å². The molecule has 4 aliphatic rings. The van der Waals surface area contributed by atoms with E-state index in [0.29, 0.717) is 23.5 Å². The van der Waals surface area contributed by atoms with Gasteiger partial charge < -0.3 is 5.11 Å². The highest BCUT2D eigenvalue weighted by molar-refractivity contribution is 5.97. The van der Waals surface area contributed by atoms with Crippen LogP contribution in [0.25, 0.3) is 0 Å². The Hall–Kier alpha value is -1.15. The zero-order valence-electron chi connectivity index (χ0n) is 31.0. The zero-order valence-corrected chi connectivity index (χ0v) is 31.0. The third kappa shape index (κ3) is 11.2. The van der Waals surface area contributed by atoms with Gasteiger partial charge in [-0.3, -0.25) is 4.79 Å². The van der Waals surface area contributed by atoms with Crippen LogP contribution >= 0.6 is 0 Å². The third-order valence-electron chi connectivity index (χ3n) is 13.6. The lowest BCUT2D eigenvalue weighted by molar-refractivity contribution is -0.119. The van der Waals surface area contributed by atoms with Crippen molar-refractivity contribution in [2.45, 2.75) is 182 Å². The summed E-state index contributed by atoms with van der Waals surface area (Å²) in [5.41, 5.74) is 2.76. The molecule has 262 valence electrons. The highest BCUT2D eigenvalue weighted by atomic mass is 16.3.